The van der Waals surface area contributed by atoms with E-state index in [0.29, 0.717) is 16.3 Å². The summed E-state index contributed by atoms with van der Waals surface area (Å²) in [6, 6.07) is 12.9. The van der Waals surface area contributed by atoms with Crippen molar-refractivity contribution in [2.75, 3.05) is 12.4 Å². The number of amides is 1. The monoisotopic (exact) mass is 406 g/mol. The van der Waals surface area contributed by atoms with E-state index < -0.39 is 10.0 Å². The number of benzene rings is 2. The molecule has 144 valence electrons. The van der Waals surface area contributed by atoms with Gasteiger partial charge in [0.15, 0.2) is 0 Å². The van der Waals surface area contributed by atoms with Crippen LogP contribution >= 0.6 is 11.6 Å². The lowest BCUT2D eigenvalue weighted by Gasteiger charge is -2.30. The summed E-state index contributed by atoms with van der Waals surface area (Å²) in [6.45, 7) is 0. The number of hydrogen-bond donors (Lipinski definition) is 1. The number of nitrogens with zero attached hydrogens (tertiary/aromatic N) is 1. The molecule has 0 bridgehead atoms. The molecule has 7 heteroatoms. The Morgan fingerprint density at radius 1 is 1.07 bits per heavy atom. The fourth-order valence-electron chi connectivity index (χ4n) is 3.34. The summed E-state index contributed by atoms with van der Waals surface area (Å²) in [5, 5.41) is 3.33. The van der Waals surface area contributed by atoms with Crippen LogP contribution in [0.5, 0.6) is 0 Å². The van der Waals surface area contributed by atoms with Crippen LogP contribution in [0.25, 0.3) is 0 Å². The number of carbonyl (C=O) groups excluding carboxylic acids is 1. The molecule has 1 saturated carbocycles. The largest absolute Gasteiger partial charge is 0.322 e. The van der Waals surface area contributed by atoms with Crippen molar-refractivity contribution < 1.29 is 13.2 Å². The highest BCUT2D eigenvalue weighted by atomic mass is 35.5. The maximum absolute atomic E-state index is 13.0. The minimum Gasteiger partial charge on any atom is -0.322 e. The number of sulfonamides is 1. The summed E-state index contributed by atoms with van der Waals surface area (Å²) in [4.78, 5) is 12.6. The number of halogens is 1. The van der Waals surface area contributed by atoms with Crippen LogP contribution < -0.4 is 5.32 Å². The summed E-state index contributed by atoms with van der Waals surface area (Å²) in [5.74, 6) is -0.366. The summed E-state index contributed by atoms with van der Waals surface area (Å²) < 4.78 is 27.4. The first-order valence-corrected chi connectivity index (χ1v) is 10.8. The molecule has 0 heterocycles. The molecule has 0 aromatic heterocycles. The lowest BCUT2D eigenvalue weighted by Crippen LogP contribution is -2.38. The predicted molar refractivity (Wildman–Crippen MR) is 108 cm³/mol. The average molecular weight is 407 g/mol. The second-order valence-electron chi connectivity index (χ2n) is 6.80. The topological polar surface area (TPSA) is 66.5 Å². The third-order valence-corrected chi connectivity index (χ3v) is 7.12. The molecule has 27 heavy (non-hydrogen) atoms. The third kappa shape index (κ3) is 4.69. The summed E-state index contributed by atoms with van der Waals surface area (Å²) in [5.41, 5.74) is 0.889. The molecule has 0 aliphatic heterocycles. The Hall–Kier alpha value is -1.89. The van der Waals surface area contributed by atoms with E-state index in [4.69, 9.17) is 11.6 Å². The molecule has 1 aliphatic carbocycles. The lowest BCUT2D eigenvalue weighted by molar-refractivity contribution is 0.102. The number of hydrogen-bond acceptors (Lipinski definition) is 3. The SMILES string of the molecule is CN(C1CCCCC1)S(=O)(=O)c1cccc(C(=O)Nc2ccc(Cl)cc2)c1. The maximum atomic E-state index is 13.0. The zero-order chi connectivity index (χ0) is 19.4. The van der Waals surface area contributed by atoms with Gasteiger partial charge in [-0.05, 0) is 55.3 Å². The van der Waals surface area contributed by atoms with Crippen LogP contribution in [0, 0.1) is 0 Å². The van der Waals surface area contributed by atoms with Gasteiger partial charge in [-0.3, -0.25) is 4.79 Å². The van der Waals surface area contributed by atoms with Gasteiger partial charge in [-0.15, -0.1) is 0 Å². The molecule has 0 saturated heterocycles. The van der Waals surface area contributed by atoms with Crippen LogP contribution in [0.2, 0.25) is 5.02 Å². The fourth-order valence-corrected chi connectivity index (χ4v) is 4.93. The van der Waals surface area contributed by atoms with E-state index in [9.17, 15) is 13.2 Å². The molecular weight excluding hydrogens is 384 g/mol. The van der Waals surface area contributed by atoms with Crippen molar-refractivity contribution in [2.24, 2.45) is 0 Å². The molecular formula is C20H23ClN2O3S. The van der Waals surface area contributed by atoms with Gasteiger partial charge in [-0.25, -0.2) is 8.42 Å². The van der Waals surface area contributed by atoms with E-state index in [2.05, 4.69) is 5.32 Å². The van der Waals surface area contributed by atoms with Crippen molar-refractivity contribution in [1.29, 1.82) is 0 Å². The van der Waals surface area contributed by atoms with Gasteiger partial charge < -0.3 is 5.32 Å². The second kappa shape index (κ2) is 8.42. The molecule has 3 rings (SSSR count). The molecule has 0 atom stereocenters. The van der Waals surface area contributed by atoms with Crippen LogP contribution in [0.15, 0.2) is 53.4 Å². The smallest absolute Gasteiger partial charge is 0.255 e. The molecule has 0 unspecified atom stereocenters. The normalized spacial score (nSPS) is 15.7. The van der Waals surface area contributed by atoms with Gasteiger partial charge in [0.05, 0.1) is 4.90 Å². The minimum atomic E-state index is -3.64. The van der Waals surface area contributed by atoms with Gasteiger partial charge in [0, 0.05) is 29.4 Å². The Bertz CT molecular complexity index is 907. The second-order valence-corrected chi connectivity index (χ2v) is 9.24. The Labute approximate surface area is 165 Å². The summed E-state index contributed by atoms with van der Waals surface area (Å²) in [6.07, 6.45) is 5.02. The van der Waals surface area contributed by atoms with Crippen molar-refractivity contribution in [3.8, 4) is 0 Å². The Morgan fingerprint density at radius 3 is 2.41 bits per heavy atom. The maximum Gasteiger partial charge on any atom is 0.255 e. The average Bonchev–Trinajstić information content (AvgIpc) is 2.70. The van der Waals surface area contributed by atoms with E-state index in [0.717, 1.165) is 32.1 Å². The highest BCUT2D eigenvalue weighted by Crippen LogP contribution is 2.27. The molecule has 1 fully saturated rings. The molecule has 1 aliphatic rings. The van der Waals surface area contributed by atoms with Crippen LogP contribution in [-0.4, -0.2) is 31.7 Å². The molecule has 2 aromatic rings. The zero-order valence-corrected chi connectivity index (χ0v) is 16.8. The summed E-state index contributed by atoms with van der Waals surface area (Å²) in [7, 11) is -2.01. The molecule has 1 amide bonds. The number of carbonyl (C=O) groups is 1. The van der Waals surface area contributed by atoms with Crippen molar-refractivity contribution in [2.45, 2.75) is 43.0 Å². The molecule has 2 aromatic carbocycles. The van der Waals surface area contributed by atoms with Crippen LogP contribution in [-0.2, 0) is 10.0 Å². The summed E-state index contributed by atoms with van der Waals surface area (Å²) >= 11 is 5.85. The third-order valence-electron chi connectivity index (χ3n) is 4.96. The van der Waals surface area contributed by atoms with Crippen LogP contribution in [0.3, 0.4) is 0 Å². The molecule has 1 N–H and O–H groups in total. The lowest BCUT2D eigenvalue weighted by atomic mass is 9.96. The van der Waals surface area contributed by atoms with E-state index in [-0.39, 0.29) is 16.8 Å². The van der Waals surface area contributed by atoms with Crippen molar-refractivity contribution >= 4 is 33.2 Å². The van der Waals surface area contributed by atoms with Crippen LogP contribution in [0.4, 0.5) is 5.69 Å². The molecule has 0 spiro atoms. The van der Waals surface area contributed by atoms with Gasteiger partial charge in [0.25, 0.3) is 5.91 Å². The Morgan fingerprint density at radius 2 is 1.74 bits per heavy atom. The van der Waals surface area contributed by atoms with Gasteiger partial charge in [0.2, 0.25) is 10.0 Å². The van der Waals surface area contributed by atoms with Gasteiger partial charge >= 0.3 is 0 Å². The fraction of sp³-hybridized carbons (Fsp3) is 0.350. The Kier molecular flexibility index (Phi) is 6.19. The van der Waals surface area contributed by atoms with Crippen molar-refractivity contribution in [1.82, 2.24) is 4.31 Å². The Balaban J connectivity index is 1.79. The van der Waals surface area contributed by atoms with E-state index in [1.54, 1.807) is 43.4 Å². The van der Waals surface area contributed by atoms with Crippen LogP contribution in [0.1, 0.15) is 42.5 Å². The van der Waals surface area contributed by atoms with E-state index in [1.165, 1.54) is 16.4 Å². The van der Waals surface area contributed by atoms with Gasteiger partial charge in [0.1, 0.15) is 0 Å². The standard InChI is InChI=1S/C20H23ClN2O3S/c1-23(18-7-3-2-4-8-18)27(25,26)19-9-5-6-15(14-19)20(24)22-17-12-10-16(21)11-13-17/h5-6,9-14,18H,2-4,7-8H2,1H3,(H,22,24). The minimum absolute atomic E-state index is 0.0234. The van der Waals surface area contributed by atoms with Gasteiger partial charge in [-0.1, -0.05) is 36.9 Å². The van der Waals surface area contributed by atoms with Crippen molar-refractivity contribution in [3.63, 3.8) is 0 Å². The molecule has 0 radical (unpaired) electrons. The zero-order valence-electron chi connectivity index (χ0n) is 15.2. The van der Waals surface area contributed by atoms with Gasteiger partial charge in [-0.2, -0.15) is 4.31 Å². The first-order valence-electron chi connectivity index (χ1n) is 9.03. The predicted octanol–water partition coefficient (Wildman–Crippen LogP) is 4.55. The number of rotatable bonds is 5. The first-order chi connectivity index (χ1) is 12.9. The van der Waals surface area contributed by atoms with Crippen molar-refractivity contribution in [3.05, 3.63) is 59.1 Å². The van der Waals surface area contributed by atoms with E-state index >= 15 is 0 Å². The highest BCUT2D eigenvalue weighted by Gasteiger charge is 2.29. The number of anilines is 1. The molecule has 5 nitrogen and oxygen atoms in total. The quantitative estimate of drug-likeness (QED) is 0.792. The number of nitrogens with one attached hydrogen (secondary N) is 1. The van der Waals surface area contributed by atoms with E-state index in [1.807, 2.05) is 0 Å². The first kappa shape index (κ1) is 19.9. The highest BCUT2D eigenvalue weighted by molar-refractivity contribution is 7.89.